The Hall–Kier alpha value is -4.46. The van der Waals surface area contributed by atoms with Gasteiger partial charge in [0.05, 0.1) is 24.4 Å². The predicted octanol–water partition coefficient (Wildman–Crippen LogP) is 5.59. The summed E-state index contributed by atoms with van der Waals surface area (Å²) in [7, 11) is 1.58. The predicted molar refractivity (Wildman–Crippen MR) is 125 cm³/mol. The van der Waals surface area contributed by atoms with E-state index in [4.69, 9.17) is 9.26 Å². The van der Waals surface area contributed by atoms with Gasteiger partial charge < -0.3 is 14.6 Å². The number of amides is 2. The molecule has 4 aromatic rings. The summed E-state index contributed by atoms with van der Waals surface area (Å²) in [5, 5.41) is 7.13. The van der Waals surface area contributed by atoms with Gasteiger partial charge in [0.1, 0.15) is 11.6 Å². The highest BCUT2D eigenvalue weighted by Crippen LogP contribution is 2.39. The van der Waals surface area contributed by atoms with Gasteiger partial charge in [-0.2, -0.15) is 4.98 Å². The van der Waals surface area contributed by atoms with Crippen LogP contribution in [0.2, 0.25) is 0 Å². The fourth-order valence-electron chi connectivity index (χ4n) is 4.06. The number of rotatable bonds is 5. The van der Waals surface area contributed by atoms with Gasteiger partial charge in [-0.05, 0) is 48.9 Å². The number of ether oxygens (including phenoxy) is 1. The summed E-state index contributed by atoms with van der Waals surface area (Å²) in [6.07, 6.45) is 0. The number of nitrogens with zero attached hydrogens (tertiary/aromatic N) is 3. The Kier molecular flexibility index (Phi) is 5.55. The molecule has 0 bridgehead atoms. The molecular weight excluding hydrogens is 435 g/mol. The molecule has 0 fully saturated rings. The lowest BCUT2D eigenvalue weighted by Gasteiger charge is -2.35. The Morgan fingerprint density at radius 1 is 1.03 bits per heavy atom. The van der Waals surface area contributed by atoms with E-state index in [2.05, 4.69) is 15.5 Å². The minimum Gasteiger partial charge on any atom is -0.497 e. The summed E-state index contributed by atoms with van der Waals surface area (Å²) >= 11 is 0. The van der Waals surface area contributed by atoms with Gasteiger partial charge in [-0.15, -0.1) is 0 Å². The van der Waals surface area contributed by atoms with Crippen molar-refractivity contribution in [3.05, 3.63) is 102 Å². The molecule has 34 heavy (non-hydrogen) atoms. The molecule has 2 amide bonds. The number of allylic oxidation sites excluding steroid dienone is 1. The Balaban J connectivity index is 1.66. The first-order valence-electron chi connectivity index (χ1n) is 10.7. The Labute approximate surface area is 195 Å². The number of nitrogens with one attached hydrogen (secondary N) is 1. The maximum absolute atomic E-state index is 13.8. The molecule has 3 aromatic carbocycles. The normalized spacial score (nSPS) is 15.9. The highest BCUT2D eigenvalue weighted by Gasteiger charge is 2.36. The lowest BCUT2D eigenvalue weighted by Crippen LogP contribution is -2.46. The van der Waals surface area contributed by atoms with Crippen LogP contribution >= 0.6 is 0 Å². The minimum atomic E-state index is -0.566. The molecule has 2 heterocycles. The van der Waals surface area contributed by atoms with Crippen LogP contribution in [0, 0.1) is 5.82 Å². The van der Waals surface area contributed by atoms with E-state index in [-0.39, 0.29) is 17.7 Å². The number of para-hydroxylation sites is 1. The molecule has 1 aromatic heterocycles. The Morgan fingerprint density at radius 3 is 2.59 bits per heavy atom. The van der Waals surface area contributed by atoms with Gasteiger partial charge >= 0.3 is 6.03 Å². The first kappa shape index (κ1) is 21.4. The zero-order valence-corrected chi connectivity index (χ0v) is 18.5. The number of anilines is 1. The first-order valence-corrected chi connectivity index (χ1v) is 10.7. The molecule has 170 valence electrons. The molecule has 1 unspecified atom stereocenters. The summed E-state index contributed by atoms with van der Waals surface area (Å²) in [4.78, 5) is 19.3. The number of halogens is 1. The van der Waals surface area contributed by atoms with Crippen molar-refractivity contribution in [2.45, 2.75) is 13.0 Å². The summed E-state index contributed by atoms with van der Waals surface area (Å²) in [6.45, 7) is 1.83. The van der Waals surface area contributed by atoms with Crippen LogP contribution in [0.15, 0.2) is 89.1 Å². The van der Waals surface area contributed by atoms with Gasteiger partial charge in [0.2, 0.25) is 5.82 Å². The van der Waals surface area contributed by atoms with Crippen LogP contribution in [-0.2, 0) is 0 Å². The molecule has 0 saturated heterocycles. The van der Waals surface area contributed by atoms with Gasteiger partial charge in [0.25, 0.3) is 5.89 Å². The van der Waals surface area contributed by atoms with Crippen LogP contribution in [0.1, 0.15) is 24.4 Å². The van der Waals surface area contributed by atoms with E-state index in [1.807, 2.05) is 61.5 Å². The molecule has 5 rings (SSSR count). The third-order valence-corrected chi connectivity index (χ3v) is 5.67. The van der Waals surface area contributed by atoms with Crippen molar-refractivity contribution in [3.8, 4) is 17.1 Å². The van der Waals surface area contributed by atoms with Crippen molar-refractivity contribution in [1.82, 2.24) is 15.5 Å². The molecule has 0 radical (unpaired) electrons. The second-order valence-electron chi connectivity index (χ2n) is 7.76. The van der Waals surface area contributed by atoms with Crippen molar-refractivity contribution in [3.63, 3.8) is 0 Å². The highest BCUT2D eigenvalue weighted by molar-refractivity contribution is 6.01. The Bertz CT molecular complexity index is 1380. The second-order valence-corrected chi connectivity index (χ2v) is 7.76. The zero-order valence-electron chi connectivity index (χ0n) is 18.5. The summed E-state index contributed by atoms with van der Waals surface area (Å²) in [5.41, 5.74) is 3.25. The van der Waals surface area contributed by atoms with E-state index in [0.29, 0.717) is 28.3 Å². The monoisotopic (exact) mass is 456 g/mol. The molecule has 0 spiro atoms. The lowest BCUT2D eigenvalue weighted by molar-refractivity contribution is 0.244. The van der Waals surface area contributed by atoms with E-state index >= 15 is 0 Å². The highest BCUT2D eigenvalue weighted by atomic mass is 19.1. The van der Waals surface area contributed by atoms with Crippen LogP contribution in [0.4, 0.5) is 14.9 Å². The average Bonchev–Trinajstić information content (AvgIpc) is 3.34. The van der Waals surface area contributed by atoms with E-state index in [1.165, 1.54) is 12.1 Å². The van der Waals surface area contributed by atoms with Gasteiger partial charge in [0, 0.05) is 11.3 Å². The number of benzene rings is 3. The maximum atomic E-state index is 13.8. The molecule has 0 aliphatic carbocycles. The van der Waals surface area contributed by atoms with Gasteiger partial charge in [-0.25, -0.2) is 9.18 Å². The van der Waals surface area contributed by atoms with Crippen molar-refractivity contribution in [1.29, 1.82) is 0 Å². The maximum Gasteiger partial charge on any atom is 0.326 e. The third kappa shape index (κ3) is 3.90. The summed E-state index contributed by atoms with van der Waals surface area (Å²) in [6, 6.07) is 21.8. The molecular formula is C26H21FN4O3. The number of urea groups is 1. The molecule has 1 N–H and O–H groups in total. The number of hydrogen-bond donors (Lipinski definition) is 1. The molecule has 8 heteroatoms. The van der Waals surface area contributed by atoms with Crippen molar-refractivity contribution in [2.75, 3.05) is 12.0 Å². The number of aromatic nitrogens is 2. The quantitative estimate of drug-likeness (QED) is 0.424. The van der Waals surface area contributed by atoms with Crippen LogP contribution in [0.25, 0.3) is 17.0 Å². The SMILES string of the molecule is COc1cccc(C2NC(=O)N(c3ccccc3)C(C)=C2c2nc(-c3cccc(F)c3)no2)c1. The lowest BCUT2D eigenvalue weighted by atomic mass is 9.94. The fourth-order valence-corrected chi connectivity index (χ4v) is 4.06. The standard InChI is InChI=1S/C26H21FN4O3/c1-16-22(25-29-24(30-34-25)18-9-6-10-19(27)14-18)23(17-8-7-13-21(15-17)33-2)28-26(32)31(16)20-11-4-3-5-12-20/h3-15,23H,1-2H3,(H,28,32). The number of carbonyl (C=O) groups is 1. The average molecular weight is 456 g/mol. The largest absolute Gasteiger partial charge is 0.497 e. The van der Waals surface area contributed by atoms with E-state index in [9.17, 15) is 9.18 Å². The molecule has 7 nitrogen and oxygen atoms in total. The topological polar surface area (TPSA) is 80.5 Å². The molecule has 0 saturated carbocycles. The zero-order chi connectivity index (χ0) is 23.7. The van der Waals surface area contributed by atoms with Crippen molar-refractivity contribution >= 4 is 17.3 Å². The van der Waals surface area contributed by atoms with Crippen molar-refractivity contribution in [2.24, 2.45) is 0 Å². The summed E-state index contributed by atoms with van der Waals surface area (Å²) in [5.74, 6) is 0.738. The van der Waals surface area contributed by atoms with Crippen LogP contribution < -0.4 is 15.0 Å². The smallest absolute Gasteiger partial charge is 0.326 e. The van der Waals surface area contributed by atoms with Gasteiger partial charge in [0.15, 0.2) is 0 Å². The van der Waals surface area contributed by atoms with Gasteiger partial charge in [-0.3, -0.25) is 4.90 Å². The molecule has 1 atom stereocenters. The van der Waals surface area contributed by atoms with Crippen LogP contribution in [0.3, 0.4) is 0 Å². The third-order valence-electron chi connectivity index (χ3n) is 5.67. The number of carbonyl (C=O) groups excluding carboxylic acids is 1. The second kappa shape index (κ2) is 8.82. The van der Waals surface area contributed by atoms with E-state index < -0.39 is 11.9 Å². The molecule has 1 aliphatic rings. The fraction of sp³-hybridized carbons (Fsp3) is 0.115. The number of methoxy groups -OCH3 is 1. The molecule has 1 aliphatic heterocycles. The first-order chi connectivity index (χ1) is 16.5. The van der Waals surface area contributed by atoms with Crippen LogP contribution in [-0.4, -0.2) is 23.3 Å². The van der Waals surface area contributed by atoms with Gasteiger partial charge in [-0.1, -0.05) is 47.6 Å². The number of hydrogen-bond acceptors (Lipinski definition) is 5. The minimum absolute atomic E-state index is 0.227. The summed E-state index contributed by atoms with van der Waals surface area (Å²) < 4.78 is 24.8. The van der Waals surface area contributed by atoms with E-state index in [1.54, 1.807) is 24.1 Å². The Morgan fingerprint density at radius 2 is 1.82 bits per heavy atom. The van der Waals surface area contributed by atoms with Crippen molar-refractivity contribution < 1.29 is 18.4 Å². The van der Waals surface area contributed by atoms with Crippen LogP contribution in [0.5, 0.6) is 5.75 Å². The van der Waals surface area contributed by atoms with E-state index in [0.717, 1.165) is 5.56 Å².